The van der Waals surface area contributed by atoms with Crippen LogP contribution >= 0.6 is 0 Å². The van der Waals surface area contributed by atoms with Gasteiger partial charge in [-0.15, -0.1) is 0 Å². The van der Waals surface area contributed by atoms with Gasteiger partial charge in [-0.2, -0.15) is 0 Å². The van der Waals surface area contributed by atoms with Crippen LogP contribution in [0.25, 0.3) is 5.57 Å². The van der Waals surface area contributed by atoms with Crippen LogP contribution in [0.1, 0.15) is 49.8 Å². The summed E-state index contributed by atoms with van der Waals surface area (Å²) in [5.74, 6) is 0.675. The Morgan fingerprint density at radius 3 is 2.22 bits per heavy atom. The summed E-state index contributed by atoms with van der Waals surface area (Å²) in [4.78, 5) is 30.8. The van der Waals surface area contributed by atoms with Gasteiger partial charge in [0.15, 0.2) is 0 Å². The van der Waals surface area contributed by atoms with Gasteiger partial charge in [0, 0.05) is 13.1 Å². The second kappa shape index (κ2) is 9.19. The average molecular weight is 433 g/mol. The number of ether oxygens (including phenoxy) is 1. The molecular weight excluding hydrogens is 400 g/mol. The minimum Gasteiger partial charge on any atom is -0.493 e. The van der Waals surface area contributed by atoms with Gasteiger partial charge in [-0.05, 0) is 74.4 Å². The number of aryl methyl sites for hydroxylation is 2. The summed E-state index contributed by atoms with van der Waals surface area (Å²) in [6, 6.07) is 13.3. The molecule has 2 aromatic rings. The van der Waals surface area contributed by atoms with Crippen molar-refractivity contribution in [3.63, 3.8) is 0 Å². The number of hydrogen-bond acceptors (Lipinski definition) is 4. The SMILES string of the molecule is Cc1ccc(C2=C(N3CCCCC3)C(=O)N(c3ccc(OCC(C)C)cc3)C2=O)c(C)c1. The van der Waals surface area contributed by atoms with Crippen molar-refractivity contribution in [2.24, 2.45) is 5.92 Å². The molecule has 4 rings (SSSR count). The number of anilines is 1. The van der Waals surface area contributed by atoms with Gasteiger partial charge in [-0.25, -0.2) is 4.90 Å². The fourth-order valence-corrected chi connectivity index (χ4v) is 4.45. The van der Waals surface area contributed by atoms with E-state index >= 15 is 0 Å². The zero-order valence-corrected chi connectivity index (χ0v) is 19.5. The first-order valence-corrected chi connectivity index (χ1v) is 11.6. The van der Waals surface area contributed by atoms with Crippen LogP contribution < -0.4 is 9.64 Å². The molecule has 0 aromatic heterocycles. The van der Waals surface area contributed by atoms with Crippen LogP contribution in [0.15, 0.2) is 48.2 Å². The fraction of sp³-hybridized carbons (Fsp3) is 0.407. The molecule has 2 heterocycles. The Balaban J connectivity index is 1.72. The molecule has 32 heavy (non-hydrogen) atoms. The maximum atomic E-state index is 13.7. The zero-order chi connectivity index (χ0) is 22.8. The van der Waals surface area contributed by atoms with Crippen molar-refractivity contribution in [1.29, 1.82) is 0 Å². The highest BCUT2D eigenvalue weighted by molar-refractivity contribution is 6.45. The maximum absolute atomic E-state index is 13.7. The first-order chi connectivity index (χ1) is 15.4. The third-order valence-corrected chi connectivity index (χ3v) is 6.06. The van der Waals surface area contributed by atoms with Crippen molar-refractivity contribution < 1.29 is 14.3 Å². The normalized spacial score (nSPS) is 17.0. The lowest BCUT2D eigenvalue weighted by Gasteiger charge is -2.29. The molecular formula is C27H32N2O3. The Morgan fingerprint density at radius 1 is 0.906 bits per heavy atom. The third-order valence-electron chi connectivity index (χ3n) is 6.06. The number of benzene rings is 2. The number of carbonyl (C=O) groups excluding carboxylic acids is 2. The van der Waals surface area contributed by atoms with Crippen molar-refractivity contribution >= 4 is 23.1 Å². The van der Waals surface area contributed by atoms with Gasteiger partial charge in [0.1, 0.15) is 11.4 Å². The van der Waals surface area contributed by atoms with Crippen molar-refractivity contribution in [1.82, 2.24) is 4.90 Å². The third kappa shape index (κ3) is 4.29. The summed E-state index contributed by atoms with van der Waals surface area (Å²) in [7, 11) is 0. The van der Waals surface area contributed by atoms with Crippen LogP contribution in [0, 0.1) is 19.8 Å². The molecule has 0 spiro atoms. The summed E-state index contributed by atoms with van der Waals surface area (Å²) < 4.78 is 5.77. The largest absolute Gasteiger partial charge is 0.493 e. The first kappa shape index (κ1) is 22.1. The highest BCUT2D eigenvalue weighted by atomic mass is 16.5. The topological polar surface area (TPSA) is 49.9 Å². The van der Waals surface area contributed by atoms with Gasteiger partial charge in [0.25, 0.3) is 11.8 Å². The second-order valence-corrected chi connectivity index (χ2v) is 9.23. The molecule has 5 nitrogen and oxygen atoms in total. The van der Waals surface area contributed by atoms with E-state index < -0.39 is 0 Å². The molecule has 0 atom stereocenters. The molecule has 1 saturated heterocycles. The summed E-state index contributed by atoms with van der Waals surface area (Å²) in [6.07, 6.45) is 3.23. The van der Waals surface area contributed by atoms with E-state index in [4.69, 9.17) is 4.74 Å². The van der Waals surface area contributed by atoms with Crippen LogP contribution in [0.4, 0.5) is 5.69 Å². The Hall–Kier alpha value is -3.08. The Morgan fingerprint density at radius 2 is 1.59 bits per heavy atom. The number of nitrogens with zero attached hydrogens (tertiary/aromatic N) is 2. The van der Waals surface area contributed by atoms with Crippen molar-refractivity contribution in [3.8, 4) is 5.75 Å². The molecule has 0 radical (unpaired) electrons. The fourth-order valence-electron chi connectivity index (χ4n) is 4.45. The average Bonchev–Trinajstić information content (AvgIpc) is 3.03. The van der Waals surface area contributed by atoms with Gasteiger partial charge >= 0.3 is 0 Å². The Bertz CT molecular complexity index is 1050. The number of rotatable bonds is 6. The molecule has 2 aromatic carbocycles. The lowest BCUT2D eigenvalue weighted by Crippen LogP contribution is -2.37. The summed E-state index contributed by atoms with van der Waals surface area (Å²) >= 11 is 0. The van der Waals surface area contributed by atoms with Crippen LogP contribution in [0.2, 0.25) is 0 Å². The Labute approximate surface area is 190 Å². The Kier molecular flexibility index (Phi) is 6.35. The quantitative estimate of drug-likeness (QED) is 0.596. The number of hydrogen-bond donors (Lipinski definition) is 0. The van der Waals surface area contributed by atoms with Crippen molar-refractivity contribution in [2.45, 2.75) is 47.0 Å². The standard InChI is InChI=1S/C27H32N2O3/c1-18(2)17-32-22-11-9-21(10-12-22)29-26(30)24(23-13-8-19(3)16-20(23)4)25(27(29)31)28-14-6-5-7-15-28/h8-13,16,18H,5-7,14-15,17H2,1-4H3. The molecule has 2 aliphatic rings. The first-order valence-electron chi connectivity index (χ1n) is 11.6. The van der Waals surface area contributed by atoms with Gasteiger partial charge in [0.05, 0.1) is 17.9 Å². The van der Waals surface area contributed by atoms with Gasteiger partial charge in [-0.1, -0.05) is 37.6 Å². The van der Waals surface area contributed by atoms with E-state index in [1.807, 2.05) is 38.1 Å². The molecule has 5 heteroatoms. The van der Waals surface area contributed by atoms with Crippen molar-refractivity contribution in [2.75, 3.05) is 24.6 Å². The van der Waals surface area contributed by atoms with Gasteiger partial charge in [-0.3, -0.25) is 9.59 Å². The number of piperidine rings is 1. The minimum absolute atomic E-state index is 0.234. The van der Waals surface area contributed by atoms with Crippen molar-refractivity contribution in [3.05, 3.63) is 64.9 Å². The van der Waals surface area contributed by atoms with Crippen LogP contribution in [-0.4, -0.2) is 36.4 Å². The van der Waals surface area contributed by atoms with E-state index in [1.165, 1.54) is 4.90 Å². The summed E-state index contributed by atoms with van der Waals surface area (Å²) in [5.41, 5.74) is 4.63. The van der Waals surface area contributed by atoms with E-state index in [1.54, 1.807) is 12.1 Å². The summed E-state index contributed by atoms with van der Waals surface area (Å²) in [6.45, 7) is 10.5. The number of likely N-dealkylation sites (tertiary alicyclic amines) is 1. The lowest BCUT2D eigenvalue weighted by molar-refractivity contribution is -0.120. The molecule has 1 fully saturated rings. The van der Waals surface area contributed by atoms with Gasteiger partial charge in [0.2, 0.25) is 0 Å². The van der Waals surface area contributed by atoms with Crippen LogP contribution in [0.3, 0.4) is 0 Å². The van der Waals surface area contributed by atoms with E-state index in [2.05, 4.69) is 24.8 Å². The highest BCUT2D eigenvalue weighted by Crippen LogP contribution is 2.37. The predicted octanol–water partition coefficient (Wildman–Crippen LogP) is 5.11. The van der Waals surface area contributed by atoms with Gasteiger partial charge < -0.3 is 9.64 Å². The molecule has 168 valence electrons. The van der Waals surface area contributed by atoms with Crippen LogP contribution in [0.5, 0.6) is 5.75 Å². The lowest BCUT2D eigenvalue weighted by atomic mass is 9.97. The predicted molar refractivity (Wildman–Crippen MR) is 128 cm³/mol. The molecule has 0 unspecified atom stereocenters. The van der Waals surface area contributed by atoms with E-state index in [-0.39, 0.29) is 11.8 Å². The van der Waals surface area contributed by atoms with E-state index in [0.29, 0.717) is 29.5 Å². The zero-order valence-electron chi connectivity index (χ0n) is 19.5. The smallest absolute Gasteiger partial charge is 0.282 e. The molecule has 0 bridgehead atoms. The molecule has 0 N–H and O–H groups in total. The highest BCUT2D eigenvalue weighted by Gasteiger charge is 2.43. The second-order valence-electron chi connectivity index (χ2n) is 9.23. The number of amides is 2. The monoisotopic (exact) mass is 432 g/mol. The number of imide groups is 1. The number of carbonyl (C=O) groups is 2. The molecule has 0 aliphatic carbocycles. The van der Waals surface area contributed by atoms with E-state index in [9.17, 15) is 9.59 Å². The minimum atomic E-state index is -0.252. The summed E-state index contributed by atoms with van der Waals surface area (Å²) in [5, 5.41) is 0. The maximum Gasteiger partial charge on any atom is 0.282 e. The molecule has 2 aliphatic heterocycles. The van der Waals surface area contributed by atoms with Crippen LogP contribution in [-0.2, 0) is 9.59 Å². The molecule has 0 saturated carbocycles. The molecule has 2 amide bonds. The van der Waals surface area contributed by atoms with E-state index in [0.717, 1.165) is 54.8 Å².